The number of ether oxygens (including phenoxy) is 1. The molecular formula is C9H11F2NO3S. The number of benzene rings is 1. The molecule has 90 valence electrons. The van der Waals surface area contributed by atoms with Crippen LogP contribution in [0.5, 0.6) is 5.75 Å². The first kappa shape index (κ1) is 12.9. The second kappa shape index (κ2) is 4.34. The van der Waals surface area contributed by atoms with Crippen molar-refractivity contribution in [3.63, 3.8) is 0 Å². The van der Waals surface area contributed by atoms with Crippen LogP contribution in [0.2, 0.25) is 0 Å². The normalized spacial score (nSPS) is 12.5. The van der Waals surface area contributed by atoms with Crippen LogP contribution in [0.4, 0.5) is 8.78 Å². The van der Waals surface area contributed by atoms with Crippen molar-refractivity contribution in [1.82, 2.24) is 0 Å². The Hall–Kier alpha value is -1.21. The molecule has 0 bridgehead atoms. The van der Waals surface area contributed by atoms with E-state index in [0.29, 0.717) is 0 Å². The molecule has 0 aromatic heterocycles. The highest BCUT2D eigenvalue weighted by molar-refractivity contribution is 7.89. The Balaban J connectivity index is 2.73. The third kappa shape index (κ3) is 4.11. The Bertz CT molecular complexity index is 451. The maximum absolute atomic E-state index is 12.4. The summed E-state index contributed by atoms with van der Waals surface area (Å²) in [5.41, 5.74) is 0. The number of hydrogen-bond acceptors (Lipinski definition) is 3. The molecule has 4 nitrogen and oxygen atoms in total. The second-order valence-electron chi connectivity index (χ2n) is 3.38. The quantitative estimate of drug-likeness (QED) is 0.878. The minimum Gasteiger partial charge on any atom is -0.487 e. The molecule has 2 N–H and O–H groups in total. The zero-order chi connectivity index (χ0) is 12.4. The van der Waals surface area contributed by atoms with Crippen LogP contribution in [0.3, 0.4) is 0 Å². The van der Waals surface area contributed by atoms with E-state index in [1.54, 1.807) is 0 Å². The van der Waals surface area contributed by atoms with Gasteiger partial charge in [0.05, 0.1) is 4.90 Å². The molecule has 0 atom stereocenters. The first-order chi connectivity index (χ1) is 7.18. The number of sulfonamides is 1. The number of nitrogens with two attached hydrogens (primary N) is 1. The third-order valence-electron chi connectivity index (χ3n) is 1.64. The van der Waals surface area contributed by atoms with E-state index in [9.17, 15) is 17.2 Å². The fourth-order valence-electron chi connectivity index (χ4n) is 0.936. The fourth-order valence-corrected chi connectivity index (χ4v) is 1.45. The zero-order valence-electron chi connectivity index (χ0n) is 8.48. The minimum absolute atomic E-state index is 0.0943. The summed E-state index contributed by atoms with van der Waals surface area (Å²) in [4.78, 5) is -0.0943. The molecule has 16 heavy (non-hydrogen) atoms. The summed E-state index contributed by atoms with van der Waals surface area (Å²) < 4.78 is 51.4. The fraction of sp³-hybridized carbons (Fsp3) is 0.333. The molecule has 0 radical (unpaired) electrons. The highest BCUT2D eigenvalue weighted by Crippen LogP contribution is 2.18. The molecule has 0 aliphatic carbocycles. The van der Waals surface area contributed by atoms with Crippen molar-refractivity contribution in [2.45, 2.75) is 17.7 Å². The molecule has 0 amide bonds. The summed E-state index contributed by atoms with van der Waals surface area (Å²) in [5, 5.41) is 4.86. The van der Waals surface area contributed by atoms with E-state index in [0.717, 1.165) is 6.92 Å². The van der Waals surface area contributed by atoms with E-state index in [1.807, 2.05) is 0 Å². The van der Waals surface area contributed by atoms with E-state index < -0.39 is 22.6 Å². The van der Waals surface area contributed by atoms with Gasteiger partial charge in [0.1, 0.15) is 5.75 Å². The summed E-state index contributed by atoms with van der Waals surface area (Å²) in [6, 6.07) is 4.92. The summed E-state index contributed by atoms with van der Waals surface area (Å²) in [7, 11) is -3.77. The molecule has 0 aliphatic rings. The minimum atomic E-state index is -3.77. The van der Waals surface area contributed by atoms with Crippen molar-refractivity contribution in [2.75, 3.05) is 6.61 Å². The lowest BCUT2D eigenvalue weighted by Gasteiger charge is -2.11. The standard InChI is InChI=1S/C9H11F2NO3S/c1-9(10,11)6-15-7-2-4-8(5-3-7)16(12,13)14/h2-5H,6H2,1H3,(H2,12,13,14). The van der Waals surface area contributed by atoms with Crippen molar-refractivity contribution >= 4 is 10.0 Å². The Morgan fingerprint density at radius 2 is 1.81 bits per heavy atom. The molecule has 1 rings (SSSR count). The molecule has 0 spiro atoms. The Labute approximate surface area is 92.1 Å². The molecule has 7 heteroatoms. The van der Waals surface area contributed by atoms with Crippen molar-refractivity contribution < 1.29 is 21.9 Å². The predicted molar refractivity (Wildman–Crippen MR) is 53.9 cm³/mol. The van der Waals surface area contributed by atoms with Crippen LogP contribution >= 0.6 is 0 Å². The van der Waals surface area contributed by atoms with Gasteiger partial charge in [0.15, 0.2) is 6.61 Å². The smallest absolute Gasteiger partial charge is 0.278 e. The SMILES string of the molecule is CC(F)(F)COc1ccc(S(N)(=O)=O)cc1. The van der Waals surface area contributed by atoms with Gasteiger partial charge in [-0.15, -0.1) is 0 Å². The van der Waals surface area contributed by atoms with Crippen LogP contribution < -0.4 is 9.88 Å². The van der Waals surface area contributed by atoms with Crippen LogP contribution in [0, 0.1) is 0 Å². The second-order valence-corrected chi connectivity index (χ2v) is 4.94. The molecule has 0 fully saturated rings. The van der Waals surface area contributed by atoms with Gasteiger partial charge in [0.2, 0.25) is 10.0 Å². The summed E-state index contributed by atoms with van der Waals surface area (Å²) in [6.07, 6.45) is 0. The largest absolute Gasteiger partial charge is 0.487 e. The topological polar surface area (TPSA) is 69.4 Å². The highest BCUT2D eigenvalue weighted by Gasteiger charge is 2.22. The lowest BCUT2D eigenvalue weighted by molar-refractivity contribution is -0.0229. The highest BCUT2D eigenvalue weighted by atomic mass is 32.2. The van der Waals surface area contributed by atoms with Gasteiger partial charge >= 0.3 is 0 Å². The number of primary sulfonamides is 1. The van der Waals surface area contributed by atoms with Gasteiger partial charge in [-0.05, 0) is 24.3 Å². The lowest BCUT2D eigenvalue weighted by Crippen LogP contribution is -2.20. The average Bonchev–Trinajstić information content (AvgIpc) is 2.13. The first-order valence-corrected chi connectivity index (χ1v) is 5.87. The van der Waals surface area contributed by atoms with Crippen molar-refractivity contribution in [3.8, 4) is 5.75 Å². The van der Waals surface area contributed by atoms with E-state index in [4.69, 9.17) is 9.88 Å². The Morgan fingerprint density at radius 1 is 1.31 bits per heavy atom. The van der Waals surface area contributed by atoms with E-state index in [1.165, 1.54) is 24.3 Å². The molecule has 0 saturated carbocycles. The summed E-state index contributed by atoms with van der Waals surface area (Å²) in [6.45, 7) is -0.0343. The summed E-state index contributed by atoms with van der Waals surface area (Å²) >= 11 is 0. The van der Waals surface area contributed by atoms with Gasteiger partial charge in [0, 0.05) is 6.92 Å². The van der Waals surface area contributed by atoms with Gasteiger partial charge in [0.25, 0.3) is 5.92 Å². The molecule has 0 heterocycles. The lowest BCUT2D eigenvalue weighted by atomic mass is 10.3. The van der Waals surface area contributed by atoms with Gasteiger partial charge in [-0.2, -0.15) is 0 Å². The number of hydrogen-bond donors (Lipinski definition) is 1. The number of alkyl halides is 2. The number of halogens is 2. The Kier molecular flexibility index (Phi) is 3.49. The van der Waals surface area contributed by atoms with Gasteiger partial charge < -0.3 is 4.74 Å². The van der Waals surface area contributed by atoms with Gasteiger partial charge in [-0.25, -0.2) is 22.3 Å². The van der Waals surface area contributed by atoms with E-state index >= 15 is 0 Å². The predicted octanol–water partition coefficient (Wildman–Crippen LogP) is 1.37. The van der Waals surface area contributed by atoms with Crippen LogP contribution in [0.1, 0.15) is 6.92 Å². The monoisotopic (exact) mass is 251 g/mol. The van der Waals surface area contributed by atoms with E-state index in [2.05, 4.69) is 0 Å². The van der Waals surface area contributed by atoms with Gasteiger partial charge in [-0.3, -0.25) is 0 Å². The first-order valence-electron chi connectivity index (χ1n) is 4.32. The van der Waals surface area contributed by atoms with Crippen LogP contribution in [-0.4, -0.2) is 20.9 Å². The number of rotatable bonds is 4. The molecular weight excluding hydrogens is 240 g/mol. The van der Waals surface area contributed by atoms with Crippen LogP contribution in [0.25, 0.3) is 0 Å². The summed E-state index contributed by atoms with van der Waals surface area (Å²) in [5.74, 6) is -2.77. The molecule has 1 aromatic rings. The maximum atomic E-state index is 12.4. The molecule has 1 aromatic carbocycles. The molecule has 0 aliphatic heterocycles. The van der Waals surface area contributed by atoms with Crippen LogP contribution in [0.15, 0.2) is 29.2 Å². The van der Waals surface area contributed by atoms with Crippen molar-refractivity contribution in [3.05, 3.63) is 24.3 Å². The Morgan fingerprint density at radius 3 is 2.19 bits per heavy atom. The van der Waals surface area contributed by atoms with Gasteiger partial charge in [-0.1, -0.05) is 0 Å². The maximum Gasteiger partial charge on any atom is 0.278 e. The molecule has 0 unspecified atom stereocenters. The average molecular weight is 251 g/mol. The van der Waals surface area contributed by atoms with Crippen molar-refractivity contribution in [1.29, 1.82) is 0 Å². The van der Waals surface area contributed by atoms with Crippen molar-refractivity contribution in [2.24, 2.45) is 5.14 Å². The van der Waals surface area contributed by atoms with E-state index in [-0.39, 0.29) is 10.6 Å². The zero-order valence-corrected chi connectivity index (χ0v) is 9.30. The molecule has 0 saturated heterocycles. The van der Waals surface area contributed by atoms with Crippen LogP contribution in [-0.2, 0) is 10.0 Å². The third-order valence-corrected chi connectivity index (χ3v) is 2.57.